The number of halogens is 4. The molecule has 0 fully saturated rings. The molecule has 1 nitrogen and oxygen atoms in total. The molecule has 0 amide bonds. The van der Waals surface area contributed by atoms with Gasteiger partial charge in [-0.1, -0.05) is 106 Å². The van der Waals surface area contributed by atoms with Crippen LogP contribution in [0.25, 0.3) is 0 Å². The zero-order chi connectivity index (χ0) is 15.6. The predicted molar refractivity (Wildman–Crippen MR) is 93.3 cm³/mol. The number of hydrogen-bond acceptors (Lipinski definition) is 1. The normalized spacial score (nSPS) is 10.3. The maximum Gasteiger partial charge on any atom is 0.221 e. The van der Waals surface area contributed by atoms with Gasteiger partial charge in [-0.25, -0.2) is 0 Å². The lowest BCUT2D eigenvalue weighted by Gasteiger charge is -2.01. The molecule has 5 heteroatoms. The Labute approximate surface area is 144 Å². The smallest absolute Gasteiger partial charge is 0.221 e. The Morgan fingerprint density at radius 1 is 0.750 bits per heavy atom. The van der Waals surface area contributed by atoms with Gasteiger partial charge in [0.2, 0.25) is 5.24 Å². The highest BCUT2D eigenvalue weighted by Crippen LogP contribution is 2.12. The molecule has 0 aromatic heterocycles. The van der Waals surface area contributed by atoms with Crippen molar-refractivity contribution in [3.63, 3.8) is 0 Å². The first-order chi connectivity index (χ1) is 9.50. The average molecular weight is 366 g/mol. The third-order valence-electron chi connectivity index (χ3n) is 2.98. The van der Waals surface area contributed by atoms with Crippen molar-refractivity contribution in [3.8, 4) is 0 Å². The number of rotatable bonds is 12. The quantitative estimate of drug-likeness (QED) is 0.199. The highest BCUT2D eigenvalue weighted by atomic mass is 35.6. The monoisotopic (exact) mass is 364 g/mol. The van der Waals surface area contributed by atoms with Crippen LogP contribution in [-0.2, 0) is 4.79 Å². The zero-order valence-corrected chi connectivity index (χ0v) is 15.5. The molecule has 0 radical (unpaired) electrons. The lowest BCUT2D eigenvalue weighted by atomic mass is 10.1. The van der Waals surface area contributed by atoms with Crippen LogP contribution in [0, 0.1) is 0 Å². The van der Waals surface area contributed by atoms with E-state index in [4.69, 9.17) is 46.4 Å². The molecule has 0 aromatic carbocycles. The van der Waals surface area contributed by atoms with Gasteiger partial charge in [0.25, 0.3) is 0 Å². The Morgan fingerprint density at radius 2 is 1.05 bits per heavy atom. The second-order valence-electron chi connectivity index (χ2n) is 4.89. The second-order valence-corrected chi connectivity index (χ2v) is 7.29. The van der Waals surface area contributed by atoms with E-state index >= 15 is 0 Å². The maximum absolute atomic E-state index is 10.5. The Morgan fingerprint density at radius 3 is 1.35 bits per heavy atom. The van der Waals surface area contributed by atoms with Gasteiger partial charge >= 0.3 is 0 Å². The van der Waals surface area contributed by atoms with E-state index in [-0.39, 0.29) is 5.24 Å². The van der Waals surface area contributed by atoms with Crippen molar-refractivity contribution in [1.82, 2.24) is 0 Å². The van der Waals surface area contributed by atoms with Gasteiger partial charge in [-0.3, -0.25) is 4.79 Å². The number of carbonyl (C=O) groups is 1. The second kappa shape index (κ2) is 19.8. The third kappa shape index (κ3) is 31.3. The molecule has 0 saturated carbocycles. The van der Waals surface area contributed by atoms with Crippen LogP contribution in [0.3, 0.4) is 0 Å². The van der Waals surface area contributed by atoms with Crippen LogP contribution in [0.15, 0.2) is 0 Å². The summed E-state index contributed by atoms with van der Waals surface area (Å²) in [6, 6.07) is 0. The van der Waals surface area contributed by atoms with E-state index < -0.39 is 4.30 Å². The van der Waals surface area contributed by atoms with E-state index in [1.54, 1.807) is 0 Å². The molecule has 20 heavy (non-hydrogen) atoms. The van der Waals surface area contributed by atoms with Gasteiger partial charge in [0.15, 0.2) is 4.30 Å². The van der Waals surface area contributed by atoms with Crippen LogP contribution in [-0.4, -0.2) is 9.54 Å². The van der Waals surface area contributed by atoms with Crippen LogP contribution in [0.4, 0.5) is 0 Å². The van der Waals surface area contributed by atoms with Crippen molar-refractivity contribution in [1.29, 1.82) is 0 Å². The van der Waals surface area contributed by atoms with Crippen molar-refractivity contribution in [2.24, 2.45) is 0 Å². The molecule has 0 N–H and O–H groups in total. The largest absolute Gasteiger partial charge is 0.281 e. The summed E-state index contributed by atoms with van der Waals surface area (Å²) >= 11 is 19.7. The minimum absolute atomic E-state index is 0.184. The minimum atomic E-state index is -0.750. The van der Waals surface area contributed by atoms with Crippen LogP contribution < -0.4 is 0 Å². The van der Waals surface area contributed by atoms with Gasteiger partial charge in [-0.05, 0) is 18.0 Å². The molecular weight excluding hydrogens is 338 g/mol. The molecule has 122 valence electrons. The first-order valence-corrected chi connectivity index (χ1v) is 9.30. The number of alkyl halides is 3. The Balaban J connectivity index is 0. The first kappa shape index (κ1) is 23.1. The summed E-state index contributed by atoms with van der Waals surface area (Å²) in [6.45, 7) is 2.26. The summed E-state index contributed by atoms with van der Waals surface area (Å²) in [7, 11) is 0. The molecule has 0 aliphatic heterocycles. The first-order valence-electron chi connectivity index (χ1n) is 7.61. The Kier molecular flexibility index (Phi) is 22.9. The summed E-state index contributed by atoms with van der Waals surface area (Å²) < 4.78 is -0.750. The van der Waals surface area contributed by atoms with Gasteiger partial charge in [-0.15, -0.1) is 0 Å². The van der Waals surface area contributed by atoms with Gasteiger partial charge in [0.05, 0.1) is 0 Å². The maximum atomic E-state index is 10.5. The Hall–Kier alpha value is 0.830. The lowest BCUT2D eigenvalue weighted by molar-refractivity contribution is -0.111. The molecule has 0 heterocycles. The third-order valence-corrected chi connectivity index (χ3v) is 3.17. The Bertz CT molecular complexity index is 196. The summed E-state index contributed by atoms with van der Waals surface area (Å²) in [5.41, 5.74) is 0. The van der Waals surface area contributed by atoms with Crippen molar-refractivity contribution in [3.05, 3.63) is 0 Å². The van der Waals surface area contributed by atoms with Gasteiger partial charge < -0.3 is 0 Å². The molecule has 0 unspecified atom stereocenters. The van der Waals surface area contributed by atoms with Crippen LogP contribution >= 0.6 is 46.4 Å². The zero-order valence-electron chi connectivity index (χ0n) is 12.5. The fraction of sp³-hybridized carbons (Fsp3) is 0.933. The van der Waals surface area contributed by atoms with Crippen LogP contribution in [0.5, 0.6) is 0 Å². The molecule has 0 spiro atoms. The number of carbonyl (C=O) groups excluding carboxylic acids is 1. The van der Waals surface area contributed by atoms with E-state index in [1.165, 1.54) is 57.8 Å². The van der Waals surface area contributed by atoms with E-state index in [0.717, 1.165) is 12.8 Å². The van der Waals surface area contributed by atoms with Crippen molar-refractivity contribution in [2.45, 2.75) is 88.3 Å². The van der Waals surface area contributed by atoms with Crippen LogP contribution in [0.1, 0.15) is 84.0 Å². The predicted octanol–water partition coefficient (Wildman–Crippen LogP) is 7.44. The molecule has 0 aromatic rings. The molecule has 0 atom stereocenters. The topological polar surface area (TPSA) is 17.1 Å². The molecule has 0 aliphatic carbocycles. The number of hydrogen-bond donors (Lipinski definition) is 0. The molecule has 0 rings (SSSR count). The summed E-state index contributed by atoms with van der Waals surface area (Å²) in [5, 5.41) is -0.184. The van der Waals surface area contributed by atoms with E-state index in [0.29, 0.717) is 6.42 Å². The van der Waals surface area contributed by atoms with E-state index in [9.17, 15) is 4.79 Å². The lowest BCUT2D eigenvalue weighted by Crippen LogP contribution is -1.86. The molecular formula is C15H28Cl4O. The van der Waals surface area contributed by atoms with Crippen molar-refractivity contribution in [2.75, 3.05) is 0 Å². The SMILES string of the molecule is CCCCCCCCCCCCCC(=O)Cl.ClC(Cl)Cl. The molecule has 0 aliphatic rings. The summed E-state index contributed by atoms with van der Waals surface area (Å²) in [5.74, 6) is 0. The van der Waals surface area contributed by atoms with E-state index in [1.807, 2.05) is 0 Å². The van der Waals surface area contributed by atoms with E-state index in [2.05, 4.69) is 6.92 Å². The van der Waals surface area contributed by atoms with Gasteiger partial charge in [-0.2, -0.15) is 0 Å². The molecule has 0 bridgehead atoms. The fourth-order valence-corrected chi connectivity index (χ4v) is 2.06. The highest BCUT2D eigenvalue weighted by molar-refractivity contribution is 6.63. The summed E-state index contributed by atoms with van der Waals surface area (Å²) in [4.78, 5) is 10.5. The van der Waals surface area contributed by atoms with Crippen molar-refractivity contribution >= 4 is 51.6 Å². The minimum Gasteiger partial charge on any atom is -0.281 e. The molecule has 0 saturated heterocycles. The average Bonchev–Trinajstić information content (AvgIpc) is 2.35. The van der Waals surface area contributed by atoms with Crippen molar-refractivity contribution < 1.29 is 4.79 Å². The van der Waals surface area contributed by atoms with Gasteiger partial charge in [0, 0.05) is 6.42 Å². The number of unbranched alkanes of at least 4 members (excludes halogenated alkanes) is 10. The van der Waals surface area contributed by atoms with Gasteiger partial charge in [0.1, 0.15) is 0 Å². The fourth-order valence-electron chi connectivity index (χ4n) is 1.93. The van der Waals surface area contributed by atoms with Crippen LogP contribution in [0.2, 0.25) is 0 Å². The standard InChI is InChI=1S/C14H27ClO.CHCl3/c1-2-3-4-5-6-7-8-9-10-11-12-13-14(15)16;2-1(3)4/h2-13H2,1H3;1H. The summed E-state index contributed by atoms with van der Waals surface area (Å²) in [6.07, 6.45) is 15.0. The highest BCUT2D eigenvalue weighted by Gasteiger charge is 1.96.